The first-order chi connectivity index (χ1) is 13.0. The quantitative estimate of drug-likeness (QED) is 0.449. The average molecular weight is 439 g/mol. The molecule has 0 fully saturated rings. The molecule has 0 spiro atoms. The van der Waals surface area contributed by atoms with Crippen molar-refractivity contribution in [2.24, 2.45) is 0 Å². The summed E-state index contributed by atoms with van der Waals surface area (Å²) in [4.78, 5) is 1.93. The van der Waals surface area contributed by atoms with Crippen LogP contribution in [-0.2, 0) is 6.54 Å². The van der Waals surface area contributed by atoms with Crippen molar-refractivity contribution in [2.75, 3.05) is 19.0 Å². The van der Waals surface area contributed by atoms with E-state index in [1.807, 2.05) is 70.4 Å². The number of nitrogens with zero attached hydrogens (tertiary/aromatic N) is 6. The lowest BCUT2D eigenvalue weighted by Gasteiger charge is -2.15. The normalized spacial score (nSPS) is 11.0. The van der Waals surface area contributed by atoms with Gasteiger partial charge in [-0.05, 0) is 35.9 Å². The lowest BCUT2D eigenvalue weighted by atomic mass is 10.1. The molecule has 27 heavy (non-hydrogen) atoms. The molecule has 0 bridgehead atoms. The molecule has 0 unspecified atom stereocenters. The molecule has 0 saturated heterocycles. The Labute approximate surface area is 169 Å². The highest BCUT2D eigenvalue weighted by atomic mass is 79.9. The lowest BCUT2D eigenvalue weighted by molar-refractivity contribution is 0.783. The van der Waals surface area contributed by atoms with E-state index in [4.69, 9.17) is 17.5 Å². The second-order valence-electron chi connectivity index (χ2n) is 6.39. The van der Waals surface area contributed by atoms with E-state index in [0.29, 0.717) is 22.5 Å². The molecule has 0 saturated carbocycles. The van der Waals surface area contributed by atoms with E-state index in [-0.39, 0.29) is 0 Å². The molecule has 2 aromatic heterocycles. The van der Waals surface area contributed by atoms with E-state index in [1.165, 1.54) is 0 Å². The third-order valence-electron chi connectivity index (χ3n) is 4.37. The summed E-state index contributed by atoms with van der Waals surface area (Å²) in [6.07, 6.45) is 0. The first-order valence-corrected chi connectivity index (χ1v) is 9.43. The topological polar surface area (TPSA) is 62.2 Å². The first kappa shape index (κ1) is 17.6. The maximum atomic E-state index is 9.00. The van der Waals surface area contributed by atoms with Gasteiger partial charge in [-0.3, -0.25) is 4.57 Å². The van der Waals surface area contributed by atoms with Gasteiger partial charge in [0.05, 0.1) is 23.7 Å². The third kappa shape index (κ3) is 2.99. The lowest BCUT2D eigenvalue weighted by Crippen LogP contribution is -2.14. The highest BCUT2D eigenvalue weighted by Gasteiger charge is 2.16. The average Bonchev–Trinajstić information content (AvgIpc) is 3.11. The largest absolute Gasteiger partial charge is 0.347 e. The second-order valence-corrected chi connectivity index (χ2v) is 7.69. The van der Waals surface area contributed by atoms with Crippen molar-refractivity contribution < 1.29 is 0 Å². The van der Waals surface area contributed by atoms with Crippen LogP contribution in [0.1, 0.15) is 11.1 Å². The Hall–Kier alpha value is -2.76. The summed E-state index contributed by atoms with van der Waals surface area (Å²) < 4.78 is 5.65. The van der Waals surface area contributed by atoms with Crippen molar-refractivity contribution in [1.82, 2.24) is 19.2 Å². The number of hydrogen-bond donors (Lipinski definition) is 0. The number of nitriles is 1. The summed E-state index contributed by atoms with van der Waals surface area (Å²) in [7, 11) is 3.88. The Balaban J connectivity index is 2.02. The van der Waals surface area contributed by atoms with E-state index < -0.39 is 0 Å². The number of fused-ring (bicyclic) bond motifs is 3. The van der Waals surface area contributed by atoms with Crippen LogP contribution in [0.15, 0.2) is 46.9 Å². The Morgan fingerprint density at radius 2 is 1.89 bits per heavy atom. The highest BCUT2D eigenvalue weighted by Crippen LogP contribution is 2.26. The molecule has 0 radical (unpaired) electrons. The predicted octanol–water partition coefficient (Wildman–Crippen LogP) is 4.16. The summed E-state index contributed by atoms with van der Waals surface area (Å²) in [6.45, 7) is 0.544. The van der Waals surface area contributed by atoms with Crippen molar-refractivity contribution in [3.05, 3.63) is 62.7 Å². The standard InChI is InChI=1S/C19H15BrN6S/c1-24(2)18-22-23-19-25(11-13-5-3-12(10-21)4-6-13)17(27)15-9-14(20)7-8-16(15)26(18)19/h3-9H,11H2,1-2H3. The van der Waals surface area contributed by atoms with Gasteiger partial charge in [-0.15, -0.1) is 10.2 Å². The minimum absolute atomic E-state index is 0.544. The van der Waals surface area contributed by atoms with Gasteiger partial charge in [0.1, 0.15) is 4.64 Å². The van der Waals surface area contributed by atoms with Crippen molar-refractivity contribution in [2.45, 2.75) is 6.54 Å². The molecule has 134 valence electrons. The van der Waals surface area contributed by atoms with Gasteiger partial charge in [0.2, 0.25) is 11.7 Å². The zero-order valence-electron chi connectivity index (χ0n) is 14.7. The van der Waals surface area contributed by atoms with Gasteiger partial charge < -0.3 is 4.90 Å². The molecular weight excluding hydrogens is 424 g/mol. The van der Waals surface area contributed by atoms with Gasteiger partial charge in [0, 0.05) is 24.0 Å². The molecule has 0 atom stereocenters. The van der Waals surface area contributed by atoms with Crippen LogP contribution in [0.3, 0.4) is 0 Å². The molecule has 8 heteroatoms. The van der Waals surface area contributed by atoms with Crippen LogP contribution in [0.5, 0.6) is 0 Å². The molecule has 0 aliphatic carbocycles. The summed E-state index contributed by atoms with van der Waals surface area (Å²) in [5.74, 6) is 1.42. The molecule has 2 aromatic carbocycles. The number of halogens is 1. The van der Waals surface area contributed by atoms with Gasteiger partial charge in [-0.1, -0.05) is 40.3 Å². The van der Waals surface area contributed by atoms with Crippen LogP contribution in [0.25, 0.3) is 16.7 Å². The number of hydrogen-bond acceptors (Lipinski definition) is 5. The van der Waals surface area contributed by atoms with Gasteiger partial charge in [0.15, 0.2) is 0 Å². The van der Waals surface area contributed by atoms with Gasteiger partial charge in [-0.2, -0.15) is 5.26 Å². The molecule has 0 aliphatic rings. The van der Waals surface area contributed by atoms with Crippen molar-refractivity contribution in [1.29, 1.82) is 5.26 Å². The van der Waals surface area contributed by atoms with Crippen molar-refractivity contribution in [3.63, 3.8) is 0 Å². The number of anilines is 1. The van der Waals surface area contributed by atoms with E-state index in [0.717, 1.165) is 26.9 Å². The van der Waals surface area contributed by atoms with Crippen LogP contribution in [0.4, 0.5) is 5.95 Å². The second kappa shape index (κ2) is 6.76. The first-order valence-electron chi connectivity index (χ1n) is 8.23. The summed E-state index contributed by atoms with van der Waals surface area (Å²) >= 11 is 9.34. The van der Waals surface area contributed by atoms with Crippen molar-refractivity contribution >= 4 is 50.8 Å². The van der Waals surface area contributed by atoms with Gasteiger partial charge >= 0.3 is 0 Å². The molecular formula is C19H15BrN6S. The summed E-state index contributed by atoms with van der Waals surface area (Å²) in [5.41, 5.74) is 2.63. The SMILES string of the molecule is CN(C)c1nnc2n(Cc3ccc(C#N)cc3)c(=S)c3cc(Br)ccc3n12. The minimum Gasteiger partial charge on any atom is -0.347 e. The number of benzene rings is 2. The van der Waals surface area contributed by atoms with Crippen LogP contribution in [0.2, 0.25) is 0 Å². The maximum absolute atomic E-state index is 9.00. The molecule has 0 N–H and O–H groups in total. The third-order valence-corrected chi connectivity index (χ3v) is 5.30. The molecule has 4 aromatic rings. The fourth-order valence-electron chi connectivity index (χ4n) is 3.07. The highest BCUT2D eigenvalue weighted by molar-refractivity contribution is 9.10. The van der Waals surface area contributed by atoms with Crippen LogP contribution in [0, 0.1) is 16.0 Å². The Kier molecular flexibility index (Phi) is 4.42. The number of rotatable bonds is 3. The minimum atomic E-state index is 0.544. The summed E-state index contributed by atoms with van der Waals surface area (Å²) in [6, 6.07) is 15.7. The van der Waals surface area contributed by atoms with E-state index in [9.17, 15) is 0 Å². The van der Waals surface area contributed by atoms with E-state index >= 15 is 0 Å². The monoisotopic (exact) mass is 438 g/mol. The zero-order valence-corrected chi connectivity index (χ0v) is 17.1. The Morgan fingerprint density at radius 3 is 2.56 bits per heavy atom. The molecule has 0 aliphatic heterocycles. The predicted molar refractivity (Wildman–Crippen MR) is 112 cm³/mol. The smallest absolute Gasteiger partial charge is 0.238 e. The maximum Gasteiger partial charge on any atom is 0.238 e. The number of aromatic nitrogens is 4. The molecule has 4 rings (SSSR count). The van der Waals surface area contributed by atoms with Gasteiger partial charge in [0.25, 0.3) is 0 Å². The Bertz CT molecular complexity index is 1260. The molecule has 6 nitrogen and oxygen atoms in total. The van der Waals surface area contributed by atoms with Crippen LogP contribution < -0.4 is 4.90 Å². The van der Waals surface area contributed by atoms with E-state index in [1.54, 1.807) is 0 Å². The fourth-order valence-corrected chi connectivity index (χ4v) is 3.74. The van der Waals surface area contributed by atoms with Crippen LogP contribution >= 0.6 is 28.1 Å². The fraction of sp³-hybridized carbons (Fsp3) is 0.158. The zero-order chi connectivity index (χ0) is 19.1. The van der Waals surface area contributed by atoms with Crippen molar-refractivity contribution in [3.8, 4) is 6.07 Å². The summed E-state index contributed by atoms with van der Waals surface area (Å²) in [5, 5.41) is 18.7. The van der Waals surface area contributed by atoms with E-state index in [2.05, 4.69) is 32.2 Å². The van der Waals surface area contributed by atoms with Crippen LogP contribution in [-0.4, -0.2) is 33.3 Å². The molecule has 2 heterocycles. The Morgan fingerprint density at radius 1 is 1.15 bits per heavy atom. The van der Waals surface area contributed by atoms with Gasteiger partial charge in [-0.25, -0.2) is 4.40 Å². The molecule has 0 amide bonds.